The van der Waals surface area contributed by atoms with Gasteiger partial charge in [-0.05, 0) is 36.2 Å². The largest absolute Gasteiger partial charge is 0.495 e. The lowest BCUT2D eigenvalue weighted by Crippen LogP contribution is -2.26. The highest BCUT2D eigenvalue weighted by atomic mass is 32.2. The number of aromatic nitrogens is 3. The van der Waals surface area contributed by atoms with E-state index in [-0.39, 0.29) is 17.2 Å². The average molecular weight is 485 g/mol. The van der Waals surface area contributed by atoms with E-state index in [9.17, 15) is 9.59 Å². The molecule has 0 saturated carbocycles. The van der Waals surface area contributed by atoms with Gasteiger partial charge in [0.2, 0.25) is 5.91 Å². The first-order valence-electron chi connectivity index (χ1n) is 11.2. The Hall–Kier alpha value is -4.04. The highest BCUT2D eigenvalue weighted by Gasteiger charge is 2.20. The highest BCUT2D eigenvalue weighted by Crippen LogP contribution is 2.30. The van der Waals surface area contributed by atoms with Gasteiger partial charge in [-0.25, -0.2) is 9.55 Å². The van der Waals surface area contributed by atoms with E-state index >= 15 is 0 Å². The van der Waals surface area contributed by atoms with E-state index in [1.165, 1.54) is 16.3 Å². The molecule has 2 aromatic heterocycles. The summed E-state index contributed by atoms with van der Waals surface area (Å²) in [5.41, 5.74) is 4.15. The van der Waals surface area contributed by atoms with Gasteiger partial charge in [0.05, 0.1) is 18.6 Å². The molecule has 0 bridgehead atoms. The summed E-state index contributed by atoms with van der Waals surface area (Å²) >= 11 is 1.22. The van der Waals surface area contributed by atoms with Gasteiger partial charge < -0.3 is 15.0 Å². The second kappa shape index (κ2) is 9.68. The Balaban J connectivity index is 1.56. The maximum atomic E-state index is 13.8. The predicted octanol–water partition coefficient (Wildman–Crippen LogP) is 4.59. The molecule has 7 nitrogen and oxygen atoms in total. The third kappa shape index (κ3) is 4.52. The van der Waals surface area contributed by atoms with E-state index < -0.39 is 0 Å². The summed E-state index contributed by atoms with van der Waals surface area (Å²) in [5.74, 6) is 0.515. The molecule has 0 aliphatic carbocycles. The van der Waals surface area contributed by atoms with Crippen molar-refractivity contribution in [3.8, 4) is 11.4 Å². The number of carbonyl (C=O) groups is 1. The fourth-order valence-electron chi connectivity index (χ4n) is 4.00. The van der Waals surface area contributed by atoms with Gasteiger partial charge in [-0.2, -0.15) is 0 Å². The minimum absolute atomic E-state index is 0.112. The van der Waals surface area contributed by atoms with Crippen molar-refractivity contribution in [1.82, 2.24) is 19.9 Å². The van der Waals surface area contributed by atoms with Gasteiger partial charge in [-0.15, -0.1) is 0 Å². The van der Waals surface area contributed by atoms with Crippen LogP contribution in [0.3, 0.4) is 0 Å². The number of aromatic amines is 1. The van der Waals surface area contributed by atoms with Crippen LogP contribution in [0.4, 0.5) is 0 Å². The number of H-pyrrole nitrogens is 1. The molecular weight excluding hydrogens is 460 g/mol. The number of methoxy groups -OCH3 is 1. The SMILES string of the molecule is COc1ccc(C)cc1-n1c(SCC(=O)NCc2ccccc2)nc2c([nH]c3ccccc32)c1=O. The molecule has 3 aromatic carbocycles. The van der Waals surface area contributed by atoms with Crippen LogP contribution in [0.2, 0.25) is 0 Å². The van der Waals surface area contributed by atoms with E-state index in [1.54, 1.807) is 7.11 Å². The minimum Gasteiger partial charge on any atom is -0.495 e. The van der Waals surface area contributed by atoms with Crippen LogP contribution in [0.1, 0.15) is 11.1 Å². The van der Waals surface area contributed by atoms with Crippen LogP contribution in [-0.4, -0.2) is 33.3 Å². The Kier molecular flexibility index (Phi) is 6.29. The molecule has 0 radical (unpaired) electrons. The number of hydrogen-bond donors (Lipinski definition) is 2. The molecular formula is C27H24N4O3S. The van der Waals surface area contributed by atoms with Crippen LogP contribution in [0.15, 0.2) is 82.7 Å². The van der Waals surface area contributed by atoms with Crippen LogP contribution in [0.25, 0.3) is 27.6 Å². The molecule has 0 spiro atoms. The van der Waals surface area contributed by atoms with Gasteiger partial charge in [0.25, 0.3) is 5.56 Å². The molecule has 35 heavy (non-hydrogen) atoms. The molecule has 5 rings (SSSR count). The number of amides is 1. The maximum absolute atomic E-state index is 13.8. The van der Waals surface area contributed by atoms with Gasteiger partial charge in [-0.3, -0.25) is 9.59 Å². The van der Waals surface area contributed by atoms with Crippen molar-refractivity contribution in [2.45, 2.75) is 18.6 Å². The van der Waals surface area contributed by atoms with E-state index in [0.29, 0.717) is 34.2 Å². The molecule has 2 heterocycles. The first-order valence-corrected chi connectivity index (χ1v) is 12.2. The number of benzene rings is 3. The van der Waals surface area contributed by atoms with Crippen molar-refractivity contribution in [3.63, 3.8) is 0 Å². The number of thioether (sulfide) groups is 1. The Labute approximate surface area is 206 Å². The van der Waals surface area contributed by atoms with Gasteiger partial charge in [0.15, 0.2) is 5.16 Å². The van der Waals surface area contributed by atoms with Crippen molar-refractivity contribution in [3.05, 3.63) is 94.3 Å². The second-order valence-corrected chi connectivity index (χ2v) is 9.10. The molecule has 0 atom stereocenters. The van der Waals surface area contributed by atoms with Crippen molar-refractivity contribution in [2.24, 2.45) is 0 Å². The second-order valence-electron chi connectivity index (χ2n) is 8.16. The Morgan fingerprint density at radius 2 is 1.86 bits per heavy atom. The molecule has 176 valence electrons. The summed E-state index contributed by atoms with van der Waals surface area (Å²) in [5, 5.41) is 4.21. The van der Waals surface area contributed by atoms with Gasteiger partial charge in [0.1, 0.15) is 16.8 Å². The van der Waals surface area contributed by atoms with Gasteiger partial charge in [-0.1, -0.05) is 66.4 Å². The summed E-state index contributed by atoms with van der Waals surface area (Å²) in [7, 11) is 1.57. The predicted molar refractivity (Wildman–Crippen MR) is 139 cm³/mol. The standard InChI is InChI=1S/C27H24N4O3S/c1-17-12-13-22(34-2)21(14-17)31-26(33)25-24(19-10-6-7-11-20(19)29-25)30-27(31)35-16-23(32)28-15-18-8-4-3-5-9-18/h3-14,29H,15-16H2,1-2H3,(H,28,32). The minimum atomic E-state index is -0.248. The zero-order valence-corrected chi connectivity index (χ0v) is 20.2. The third-order valence-electron chi connectivity index (χ3n) is 5.73. The van der Waals surface area contributed by atoms with E-state index in [0.717, 1.165) is 22.0 Å². The first-order chi connectivity index (χ1) is 17.0. The zero-order chi connectivity index (χ0) is 24.4. The zero-order valence-electron chi connectivity index (χ0n) is 19.4. The summed E-state index contributed by atoms with van der Waals surface area (Å²) in [6, 6.07) is 23.0. The molecule has 1 amide bonds. The Morgan fingerprint density at radius 1 is 1.09 bits per heavy atom. The molecule has 5 aromatic rings. The van der Waals surface area contributed by atoms with Crippen LogP contribution < -0.4 is 15.6 Å². The number of nitrogens with zero attached hydrogens (tertiary/aromatic N) is 2. The van der Waals surface area contributed by atoms with Crippen LogP contribution >= 0.6 is 11.8 Å². The molecule has 0 aliphatic heterocycles. The highest BCUT2D eigenvalue weighted by molar-refractivity contribution is 7.99. The molecule has 2 N–H and O–H groups in total. The normalized spacial score (nSPS) is 11.1. The lowest BCUT2D eigenvalue weighted by molar-refractivity contribution is -0.118. The number of nitrogens with one attached hydrogen (secondary N) is 2. The van der Waals surface area contributed by atoms with Gasteiger partial charge >= 0.3 is 0 Å². The van der Waals surface area contributed by atoms with Crippen LogP contribution in [0.5, 0.6) is 5.75 Å². The summed E-state index contributed by atoms with van der Waals surface area (Å²) < 4.78 is 7.09. The fraction of sp³-hybridized carbons (Fsp3) is 0.148. The number of fused-ring (bicyclic) bond motifs is 3. The Morgan fingerprint density at radius 3 is 2.66 bits per heavy atom. The molecule has 0 fully saturated rings. The van der Waals surface area contributed by atoms with Crippen molar-refractivity contribution >= 4 is 39.6 Å². The molecule has 0 unspecified atom stereocenters. The number of aryl methyl sites for hydroxylation is 1. The lowest BCUT2D eigenvalue weighted by Gasteiger charge is -2.15. The molecule has 8 heteroatoms. The molecule has 0 aliphatic rings. The van der Waals surface area contributed by atoms with E-state index in [4.69, 9.17) is 9.72 Å². The number of ether oxygens (including phenoxy) is 1. The first kappa shape index (κ1) is 22.7. The lowest BCUT2D eigenvalue weighted by atomic mass is 10.2. The Bertz CT molecular complexity index is 1590. The number of carbonyl (C=O) groups excluding carboxylic acids is 1. The summed E-state index contributed by atoms with van der Waals surface area (Å²) in [6.07, 6.45) is 0. The molecule has 0 saturated heterocycles. The summed E-state index contributed by atoms with van der Waals surface area (Å²) in [4.78, 5) is 34.5. The van der Waals surface area contributed by atoms with Crippen LogP contribution in [0, 0.1) is 6.92 Å². The van der Waals surface area contributed by atoms with E-state index in [2.05, 4.69) is 10.3 Å². The van der Waals surface area contributed by atoms with Crippen molar-refractivity contribution in [2.75, 3.05) is 12.9 Å². The average Bonchev–Trinajstić information content (AvgIpc) is 3.26. The number of rotatable bonds is 7. The third-order valence-corrected chi connectivity index (χ3v) is 6.67. The smallest absolute Gasteiger partial charge is 0.283 e. The number of hydrogen-bond acceptors (Lipinski definition) is 5. The quantitative estimate of drug-likeness (QED) is 0.261. The van der Waals surface area contributed by atoms with Crippen LogP contribution in [-0.2, 0) is 11.3 Å². The number of para-hydroxylation sites is 1. The van der Waals surface area contributed by atoms with E-state index in [1.807, 2.05) is 79.7 Å². The monoisotopic (exact) mass is 484 g/mol. The summed E-state index contributed by atoms with van der Waals surface area (Å²) in [6.45, 7) is 2.39. The van der Waals surface area contributed by atoms with Crippen molar-refractivity contribution < 1.29 is 9.53 Å². The topological polar surface area (TPSA) is 89.0 Å². The fourth-order valence-corrected chi connectivity index (χ4v) is 4.83. The maximum Gasteiger partial charge on any atom is 0.283 e. The van der Waals surface area contributed by atoms with Gasteiger partial charge in [0, 0.05) is 17.4 Å². The van der Waals surface area contributed by atoms with Crippen molar-refractivity contribution in [1.29, 1.82) is 0 Å².